The lowest BCUT2D eigenvalue weighted by molar-refractivity contribution is -0.142. The van der Waals surface area contributed by atoms with Crippen LogP contribution in [0.2, 0.25) is 5.02 Å². The molecule has 124 valence electrons. The van der Waals surface area contributed by atoms with Crippen molar-refractivity contribution in [1.29, 1.82) is 0 Å². The summed E-state index contributed by atoms with van der Waals surface area (Å²) in [5, 5.41) is 5.79. The molecule has 1 heterocycles. The number of amides is 1. The molecule has 1 N–H and O–H groups in total. The molecule has 0 aliphatic rings. The number of ether oxygens (including phenoxy) is 1. The Bertz CT molecular complexity index is 703. The van der Waals surface area contributed by atoms with Crippen LogP contribution in [0.3, 0.4) is 0 Å². The Labute approximate surface area is 132 Å². The van der Waals surface area contributed by atoms with Gasteiger partial charge in [0, 0.05) is 6.20 Å². The van der Waals surface area contributed by atoms with Crippen LogP contribution in [0.4, 0.5) is 23.2 Å². The molecular formula is C13H10ClF4N3O2. The molecule has 0 saturated carbocycles. The SMILES string of the molecule is O=C(COc1ccc(F)cc1Cl)Nc1cnn(CC(F)(F)F)c1. The number of nitrogens with one attached hydrogen (secondary N) is 1. The van der Waals surface area contributed by atoms with Gasteiger partial charge in [0.1, 0.15) is 18.1 Å². The number of hydrogen-bond donors (Lipinski definition) is 1. The van der Waals surface area contributed by atoms with Crippen LogP contribution in [-0.2, 0) is 11.3 Å². The number of anilines is 1. The number of carbonyl (C=O) groups excluding carboxylic acids is 1. The summed E-state index contributed by atoms with van der Waals surface area (Å²) in [5.41, 5.74) is 0.0908. The van der Waals surface area contributed by atoms with Crippen molar-refractivity contribution in [3.8, 4) is 5.75 Å². The second-order valence-corrected chi connectivity index (χ2v) is 4.86. The average molecular weight is 352 g/mol. The predicted octanol–water partition coefficient (Wildman–Crippen LogP) is 3.26. The van der Waals surface area contributed by atoms with Crippen LogP contribution in [0.1, 0.15) is 0 Å². The highest BCUT2D eigenvalue weighted by Crippen LogP contribution is 2.24. The molecular weight excluding hydrogens is 342 g/mol. The summed E-state index contributed by atoms with van der Waals surface area (Å²) in [5.74, 6) is -1.07. The van der Waals surface area contributed by atoms with Gasteiger partial charge in [0.25, 0.3) is 5.91 Å². The van der Waals surface area contributed by atoms with Gasteiger partial charge in [-0.15, -0.1) is 0 Å². The molecule has 1 amide bonds. The van der Waals surface area contributed by atoms with Gasteiger partial charge in [-0.05, 0) is 18.2 Å². The lowest BCUT2D eigenvalue weighted by Crippen LogP contribution is -2.20. The molecule has 23 heavy (non-hydrogen) atoms. The highest BCUT2D eigenvalue weighted by Gasteiger charge is 2.28. The van der Waals surface area contributed by atoms with E-state index in [1.54, 1.807) is 0 Å². The van der Waals surface area contributed by atoms with Gasteiger partial charge in [-0.3, -0.25) is 9.48 Å². The molecule has 0 bridgehead atoms. The van der Waals surface area contributed by atoms with E-state index in [-0.39, 0.29) is 16.5 Å². The van der Waals surface area contributed by atoms with E-state index in [0.29, 0.717) is 4.68 Å². The van der Waals surface area contributed by atoms with Crippen LogP contribution in [0.5, 0.6) is 5.75 Å². The van der Waals surface area contributed by atoms with Gasteiger partial charge >= 0.3 is 6.18 Å². The minimum atomic E-state index is -4.41. The zero-order chi connectivity index (χ0) is 17.0. The van der Waals surface area contributed by atoms with Crippen LogP contribution in [0.25, 0.3) is 0 Å². The normalized spacial score (nSPS) is 11.3. The summed E-state index contributed by atoms with van der Waals surface area (Å²) in [6.45, 7) is -1.71. The number of rotatable bonds is 5. The zero-order valence-electron chi connectivity index (χ0n) is 11.4. The Morgan fingerprint density at radius 1 is 1.39 bits per heavy atom. The van der Waals surface area contributed by atoms with E-state index in [2.05, 4.69) is 10.4 Å². The highest BCUT2D eigenvalue weighted by atomic mass is 35.5. The molecule has 2 rings (SSSR count). The third-order valence-electron chi connectivity index (χ3n) is 2.51. The van der Waals surface area contributed by atoms with Crippen molar-refractivity contribution in [2.24, 2.45) is 0 Å². The van der Waals surface area contributed by atoms with Gasteiger partial charge < -0.3 is 10.1 Å². The molecule has 1 aromatic heterocycles. The maximum Gasteiger partial charge on any atom is 0.408 e. The van der Waals surface area contributed by atoms with Gasteiger partial charge in [-0.1, -0.05) is 11.6 Å². The topological polar surface area (TPSA) is 56.1 Å². The molecule has 0 fully saturated rings. The quantitative estimate of drug-likeness (QED) is 0.841. The first-order chi connectivity index (χ1) is 10.7. The summed E-state index contributed by atoms with van der Waals surface area (Å²) in [4.78, 5) is 11.6. The summed E-state index contributed by atoms with van der Waals surface area (Å²) >= 11 is 5.72. The van der Waals surface area contributed by atoms with Gasteiger partial charge in [-0.2, -0.15) is 18.3 Å². The Kier molecular flexibility index (Phi) is 5.09. The molecule has 0 aliphatic carbocycles. The van der Waals surface area contributed by atoms with E-state index >= 15 is 0 Å². The maximum atomic E-state index is 12.8. The number of alkyl halides is 3. The molecule has 0 unspecified atom stereocenters. The van der Waals surface area contributed by atoms with Crippen molar-refractivity contribution < 1.29 is 27.1 Å². The fraction of sp³-hybridized carbons (Fsp3) is 0.231. The molecule has 2 aromatic rings. The first kappa shape index (κ1) is 17.1. The number of carbonyl (C=O) groups is 1. The van der Waals surface area contributed by atoms with Gasteiger partial charge in [-0.25, -0.2) is 4.39 Å². The summed E-state index contributed by atoms with van der Waals surface area (Å²) in [6, 6.07) is 3.39. The smallest absolute Gasteiger partial charge is 0.408 e. The van der Waals surface area contributed by atoms with Crippen molar-refractivity contribution >= 4 is 23.2 Å². The molecule has 5 nitrogen and oxygen atoms in total. The largest absolute Gasteiger partial charge is 0.482 e. The van der Waals surface area contributed by atoms with Crippen LogP contribution in [0.15, 0.2) is 30.6 Å². The summed E-state index contributed by atoms with van der Waals surface area (Å²) < 4.78 is 55.1. The van der Waals surface area contributed by atoms with Gasteiger partial charge in [0.2, 0.25) is 0 Å². The molecule has 0 saturated heterocycles. The van der Waals surface area contributed by atoms with Crippen molar-refractivity contribution in [2.45, 2.75) is 12.7 Å². The van der Waals surface area contributed by atoms with Crippen LogP contribution in [0, 0.1) is 5.82 Å². The molecule has 0 radical (unpaired) electrons. The number of hydrogen-bond acceptors (Lipinski definition) is 3. The fourth-order valence-electron chi connectivity index (χ4n) is 1.63. The molecule has 0 aliphatic heterocycles. The Morgan fingerprint density at radius 3 is 2.78 bits per heavy atom. The minimum absolute atomic E-state index is 0.00389. The van der Waals surface area contributed by atoms with Crippen molar-refractivity contribution in [3.63, 3.8) is 0 Å². The van der Waals surface area contributed by atoms with E-state index in [0.717, 1.165) is 24.5 Å². The standard InChI is InChI=1S/C13H10ClF4N3O2/c14-10-3-8(15)1-2-11(10)23-6-12(22)20-9-4-19-21(5-9)7-13(16,17)18/h1-5H,6-7H2,(H,20,22). The van der Waals surface area contributed by atoms with E-state index in [4.69, 9.17) is 16.3 Å². The number of nitrogens with zero attached hydrogens (tertiary/aromatic N) is 2. The lowest BCUT2D eigenvalue weighted by atomic mass is 10.3. The van der Waals surface area contributed by atoms with Crippen LogP contribution < -0.4 is 10.1 Å². The molecule has 1 aromatic carbocycles. The molecule has 10 heteroatoms. The first-order valence-electron chi connectivity index (χ1n) is 6.20. The van der Waals surface area contributed by atoms with Gasteiger partial charge in [0.15, 0.2) is 6.61 Å². The average Bonchev–Trinajstić information content (AvgIpc) is 2.82. The molecule has 0 atom stereocenters. The Hall–Kier alpha value is -2.29. The summed E-state index contributed by atoms with van der Waals surface area (Å²) in [7, 11) is 0. The zero-order valence-corrected chi connectivity index (χ0v) is 12.2. The minimum Gasteiger partial charge on any atom is -0.482 e. The number of benzene rings is 1. The van der Waals surface area contributed by atoms with Crippen molar-refractivity contribution in [1.82, 2.24) is 9.78 Å². The summed E-state index contributed by atoms with van der Waals surface area (Å²) in [6.07, 6.45) is -2.29. The third kappa shape index (κ3) is 5.44. The van der Waals surface area contributed by atoms with Crippen LogP contribution >= 0.6 is 11.6 Å². The van der Waals surface area contributed by atoms with Crippen molar-refractivity contribution in [3.05, 3.63) is 41.4 Å². The maximum absolute atomic E-state index is 12.8. The number of halogens is 5. The van der Waals surface area contributed by atoms with E-state index < -0.39 is 31.1 Å². The molecule has 0 spiro atoms. The van der Waals surface area contributed by atoms with E-state index in [1.807, 2.05) is 0 Å². The first-order valence-corrected chi connectivity index (χ1v) is 6.57. The number of aromatic nitrogens is 2. The monoisotopic (exact) mass is 351 g/mol. The second-order valence-electron chi connectivity index (χ2n) is 4.45. The van der Waals surface area contributed by atoms with Gasteiger partial charge in [0.05, 0.1) is 16.9 Å². The Morgan fingerprint density at radius 2 is 2.13 bits per heavy atom. The Balaban J connectivity index is 1.87. The van der Waals surface area contributed by atoms with Crippen molar-refractivity contribution in [2.75, 3.05) is 11.9 Å². The fourth-order valence-corrected chi connectivity index (χ4v) is 1.85. The third-order valence-corrected chi connectivity index (χ3v) is 2.81. The second kappa shape index (κ2) is 6.86. The van der Waals surface area contributed by atoms with E-state index in [9.17, 15) is 22.4 Å². The lowest BCUT2D eigenvalue weighted by Gasteiger charge is -2.08. The predicted molar refractivity (Wildman–Crippen MR) is 73.8 cm³/mol. The van der Waals surface area contributed by atoms with Crippen LogP contribution in [-0.4, -0.2) is 28.5 Å². The highest BCUT2D eigenvalue weighted by molar-refractivity contribution is 6.32. The van der Waals surface area contributed by atoms with E-state index in [1.165, 1.54) is 6.07 Å².